The van der Waals surface area contributed by atoms with Crippen molar-refractivity contribution >= 4 is 17.9 Å². The fourth-order valence-electron chi connectivity index (χ4n) is 1.62. The van der Waals surface area contributed by atoms with E-state index < -0.39 is 5.97 Å². The summed E-state index contributed by atoms with van der Waals surface area (Å²) in [5.74, 6) is 1.14. The molecule has 1 heterocycles. The van der Waals surface area contributed by atoms with Crippen LogP contribution in [0, 0.1) is 0 Å². The fourth-order valence-corrected chi connectivity index (χ4v) is 1.62. The zero-order valence-electron chi connectivity index (χ0n) is 10.4. The maximum absolute atomic E-state index is 11.4. The molecule has 0 N–H and O–H groups in total. The summed E-state index contributed by atoms with van der Waals surface area (Å²) in [6.45, 7) is 1.63. The van der Waals surface area contributed by atoms with E-state index in [9.17, 15) is 4.79 Å². The Morgan fingerprint density at radius 3 is 2.50 bits per heavy atom. The molecular formula is C13H13NO4. The molecule has 0 aliphatic carbocycles. The molecule has 5 heteroatoms. The van der Waals surface area contributed by atoms with Gasteiger partial charge in [-0.3, -0.25) is 0 Å². The van der Waals surface area contributed by atoms with Gasteiger partial charge in [0.25, 0.3) is 0 Å². The Hall–Kier alpha value is -2.30. The third kappa shape index (κ3) is 2.34. The predicted octanol–water partition coefficient (Wildman–Crippen LogP) is 2.02. The number of ether oxygens (including phenoxy) is 3. The SMILES string of the molecule is COc1ccc(/C=C2\N=C(C)OC2=O)cc1OC. The van der Waals surface area contributed by atoms with Crippen molar-refractivity contribution in [1.29, 1.82) is 0 Å². The van der Waals surface area contributed by atoms with Gasteiger partial charge in [-0.1, -0.05) is 6.07 Å². The Morgan fingerprint density at radius 1 is 1.22 bits per heavy atom. The van der Waals surface area contributed by atoms with Gasteiger partial charge in [-0.2, -0.15) is 0 Å². The highest BCUT2D eigenvalue weighted by Crippen LogP contribution is 2.28. The van der Waals surface area contributed by atoms with E-state index in [1.165, 1.54) is 0 Å². The second-order valence-corrected chi connectivity index (χ2v) is 3.66. The number of hydrogen-bond donors (Lipinski definition) is 0. The molecule has 5 nitrogen and oxygen atoms in total. The van der Waals surface area contributed by atoms with Gasteiger partial charge in [-0.25, -0.2) is 9.79 Å². The van der Waals surface area contributed by atoms with Crippen LogP contribution in [0.4, 0.5) is 0 Å². The highest BCUT2D eigenvalue weighted by molar-refractivity contribution is 6.06. The van der Waals surface area contributed by atoms with Gasteiger partial charge in [0.1, 0.15) is 0 Å². The molecule has 1 aromatic carbocycles. The van der Waals surface area contributed by atoms with Crippen LogP contribution in [0.1, 0.15) is 12.5 Å². The Kier molecular flexibility index (Phi) is 3.32. The van der Waals surface area contributed by atoms with E-state index in [0.717, 1.165) is 5.56 Å². The maximum Gasteiger partial charge on any atom is 0.363 e. The third-order valence-electron chi connectivity index (χ3n) is 2.44. The van der Waals surface area contributed by atoms with Crippen molar-refractivity contribution in [2.45, 2.75) is 6.92 Å². The Balaban J connectivity index is 2.35. The molecule has 0 radical (unpaired) electrons. The molecule has 0 amide bonds. The van der Waals surface area contributed by atoms with E-state index in [4.69, 9.17) is 14.2 Å². The third-order valence-corrected chi connectivity index (χ3v) is 2.44. The average Bonchev–Trinajstić information content (AvgIpc) is 2.67. The number of carbonyl (C=O) groups excluding carboxylic acids is 1. The molecule has 0 saturated carbocycles. The second-order valence-electron chi connectivity index (χ2n) is 3.66. The van der Waals surface area contributed by atoms with Crippen molar-refractivity contribution < 1.29 is 19.0 Å². The largest absolute Gasteiger partial charge is 0.493 e. The molecule has 2 rings (SSSR count). The van der Waals surface area contributed by atoms with Gasteiger partial charge in [0.2, 0.25) is 0 Å². The Bertz CT molecular complexity index is 546. The average molecular weight is 247 g/mol. The number of cyclic esters (lactones) is 1. The molecule has 0 atom stereocenters. The minimum Gasteiger partial charge on any atom is -0.493 e. The zero-order chi connectivity index (χ0) is 13.1. The zero-order valence-corrected chi connectivity index (χ0v) is 10.4. The number of nitrogens with zero attached hydrogens (tertiary/aromatic N) is 1. The van der Waals surface area contributed by atoms with Crippen molar-refractivity contribution in [2.24, 2.45) is 4.99 Å². The summed E-state index contributed by atoms with van der Waals surface area (Å²) in [6, 6.07) is 5.34. The van der Waals surface area contributed by atoms with Crippen molar-refractivity contribution in [1.82, 2.24) is 0 Å². The molecule has 94 valence electrons. The van der Waals surface area contributed by atoms with Crippen molar-refractivity contribution in [3.63, 3.8) is 0 Å². The van der Waals surface area contributed by atoms with E-state index in [2.05, 4.69) is 4.99 Å². The second kappa shape index (κ2) is 4.91. The lowest BCUT2D eigenvalue weighted by atomic mass is 10.1. The smallest absolute Gasteiger partial charge is 0.363 e. The highest BCUT2D eigenvalue weighted by atomic mass is 16.6. The number of benzene rings is 1. The van der Waals surface area contributed by atoms with Crippen molar-refractivity contribution in [2.75, 3.05) is 14.2 Å². The lowest BCUT2D eigenvalue weighted by molar-refractivity contribution is -0.130. The molecule has 0 fully saturated rings. The number of rotatable bonds is 3. The van der Waals surface area contributed by atoms with Crippen LogP contribution in [0.3, 0.4) is 0 Å². The molecule has 0 saturated heterocycles. The number of hydrogen-bond acceptors (Lipinski definition) is 5. The first-order valence-electron chi connectivity index (χ1n) is 5.35. The normalized spacial score (nSPS) is 16.5. The molecule has 18 heavy (non-hydrogen) atoms. The van der Waals surface area contributed by atoms with Crippen molar-refractivity contribution in [3.8, 4) is 11.5 Å². The summed E-state index contributed by atoms with van der Waals surface area (Å²) in [6.07, 6.45) is 1.64. The molecular weight excluding hydrogens is 234 g/mol. The number of aliphatic imine (C=N–C) groups is 1. The van der Waals surface area contributed by atoms with Crippen LogP contribution in [0.5, 0.6) is 11.5 Å². The molecule has 0 spiro atoms. The van der Waals surface area contributed by atoms with E-state index in [-0.39, 0.29) is 5.70 Å². The first-order valence-corrected chi connectivity index (χ1v) is 5.35. The molecule has 0 unspecified atom stereocenters. The standard InChI is InChI=1S/C13H13NO4/c1-8-14-10(13(15)18-8)6-9-4-5-11(16-2)12(7-9)17-3/h4-7H,1-3H3/b10-6-. The van der Waals surface area contributed by atoms with Gasteiger partial charge >= 0.3 is 5.97 Å². The van der Waals surface area contributed by atoms with Gasteiger partial charge in [0, 0.05) is 6.92 Å². The lowest BCUT2D eigenvalue weighted by Gasteiger charge is -2.07. The monoisotopic (exact) mass is 247 g/mol. The maximum atomic E-state index is 11.4. The van der Waals surface area contributed by atoms with Gasteiger partial charge in [0.05, 0.1) is 14.2 Å². The number of esters is 1. The van der Waals surface area contributed by atoms with Crippen LogP contribution < -0.4 is 9.47 Å². The quantitative estimate of drug-likeness (QED) is 0.605. The van der Waals surface area contributed by atoms with Gasteiger partial charge < -0.3 is 14.2 Å². The molecule has 1 aromatic rings. The topological polar surface area (TPSA) is 57.1 Å². The van der Waals surface area contributed by atoms with E-state index in [1.807, 2.05) is 6.07 Å². The van der Waals surface area contributed by atoms with Crippen LogP contribution in [0.25, 0.3) is 6.08 Å². The predicted molar refractivity (Wildman–Crippen MR) is 66.7 cm³/mol. The van der Waals surface area contributed by atoms with Crippen LogP contribution in [0.15, 0.2) is 28.9 Å². The summed E-state index contributed by atoms with van der Waals surface area (Å²) in [4.78, 5) is 15.4. The molecule has 1 aliphatic heterocycles. The van der Waals surface area contributed by atoms with Gasteiger partial charge in [0.15, 0.2) is 23.1 Å². The Morgan fingerprint density at radius 2 is 1.94 bits per heavy atom. The van der Waals surface area contributed by atoms with Crippen LogP contribution in [0.2, 0.25) is 0 Å². The first kappa shape index (κ1) is 12.2. The highest BCUT2D eigenvalue weighted by Gasteiger charge is 2.19. The van der Waals surface area contributed by atoms with Crippen molar-refractivity contribution in [3.05, 3.63) is 29.5 Å². The van der Waals surface area contributed by atoms with Gasteiger partial charge in [-0.15, -0.1) is 0 Å². The first-order chi connectivity index (χ1) is 8.63. The molecule has 0 aromatic heterocycles. The summed E-state index contributed by atoms with van der Waals surface area (Å²) in [5, 5.41) is 0. The summed E-state index contributed by atoms with van der Waals surface area (Å²) in [7, 11) is 3.12. The summed E-state index contributed by atoms with van der Waals surface area (Å²) >= 11 is 0. The molecule has 1 aliphatic rings. The minimum absolute atomic E-state index is 0.278. The number of methoxy groups -OCH3 is 2. The van der Waals surface area contributed by atoms with E-state index in [0.29, 0.717) is 17.4 Å². The fraction of sp³-hybridized carbons (Fsp3) is 0.231. The summed E-state index contributed by atoms with van der Waals surface area (Å²) < 4.78 is 15.2. The van der Waals surface area contributed by atoms with E-state index in [1.54, 1.807) is 39.4 Å². The van der Waals surface area contributed by atoms with Crippen LogP contribution in [-0.4, -0.2) is 26.1 Å². The number of carbonyl (C=O) groups is 1. The lowest BCUT2D eigenvalue weighted by Crippen LogP contribution is -1.99. The summed E-state index contributed by atoms with van der Waals surface area (Å²) in [5.41, 5.74) is 1.07. The van der Waals surface area contributed by atoms with Gasteiger partial charge in [-0.05, 0) is 23.8 Å². The van der Waals surface area contributed by atoms with E-state index >= 15 is 0 Å². The Labute approximate surface area is 105 Å². The minimum atomic E-state index is -0.442. The van der Waals surface area contributed by atoms with Crippen LogP contribution >= 0.6 is 0 Å². The van der Waals surface area contributed by atoms with Crippen LogP contribution in [-0.2, 0) is 9.53 Å². The molecule has 0 bridgehead atoms.